The SMILES string of the molecule is O=C1NC(=O)/C(=C/c2c([N+](=O)[O-])ccc(OCCC3CCCCC3)c2Cl)S1. The molecule has 1 saturated heterocycles. The molecule has 0 radical (unpaired) electrons. The maximum atomic E-state index is 11.7. The smallest absolute Gasteiger partial charge is 0.290 e. The summed E-state index contributed by atoms with van der Waals surface area (Å²) in [6.07, 6.45) is 8.37. The minimum absolute atomic E-state index is 0.0594. The Morgan fingerprint density at radius 2 is 2.04 bits per heavy atom. The molecule has 0 spiro atoms. The van der Waals surface area contributed by atoms with Gasteiger partial charge in [-0.3, -0.25) is 25.0 Å². The first-order chi connectivity index (χ1) is 13.0. The Morgan fingerprint density at radius 3 is 2.67 bits per heavy atom. The van der Waals surface area contributed by atoms with Gasteiger partial charge < -0.3 is 4.74 Å². The maximum absolute atomic E-state index is 11.7. The number of nitrogens with one attached hydrogen (secondary N) is 1. The van der Waals surface area contributed by atoms with Gasteiger partial charge in [-0.2, -0.15) is 0 Å². The van der Waals surface area contributed by atoms with Crippen molar-refractivity contribution in [2.45, 2.75) is 38.5 Å². The van der Waals surface area contributed by atoms with Gasteiger partial charge in [-0.15, -0.1) is 0 Å². The third-order valence-corrected chi connectivity index (χ3v) is 5.94. The van der Waals surface area contributed by atoms with Gasteiger partial charge in [-0.05, 0) is 36.2 Å². The number of thioether (sulfide) groups is 1. The predicted octanol–water partition coefficient (Wildman–Crippen LogP) is 4.92. The molecule has 2 fully saturated rings. The molecule has 3 rings (SSSR count). The summed E-state index contributed by atoms with van der Waals surface area (Å²) in [6, 6.07) is 2.77. The molecule has 1 aliphatic heterocycles. The lowest BCUT2D eigenvalue weighted by Gasteiger charge is -2.21. The van der Waals surface area contributed by atoms with E-state index >= 15 is 0 Å². The van der Waals surface area contributed by atoms with E-state index in [-0.39, 0.29) is 21.2 Å². The molecule has 7 nitrogen and oxygen atoms in total. The summed E-state index contributed by atoms with van der Waals surface area (Å²) in [5.41, 5.74) is -0.191. The summed E-state index contributed by atoms with van der Waals surface area (Å²) in [5.74, 6) is 0.375. The van der Waals surface area contributed by atoms with Crippen LogP contribution in [0.5, 0.6) is 5.75 Å². The number of nitro groups is 1. The molecular formula is C18H19ClN2O5S. The lowest BCUT2D eigenvalue weighted by molar-refractivity contribution is -0.385. The highest BCUT2D eigenvalue weighted by Crippen LogP contribution is 2.38. The van der Waals surface area contributed by atoms with Gasteiger partial charge in [0.15, 0.2) is 0 Å². The summed E-state index contributed by atoms with van der Waals surface area (Å²) in [4.78, 5) is 33.9. The van der Waals surface area contributed by atoms with Crippen molar-refractivity contribution in [3.05, 3.63) is 37.7 Å². The van der Waals surface area contributed by atoms with E-state index in [1.54, 1.807) is 0 Å². The fourth-order valence-corrected chi connectivity index (χ4v) is 4.27. The molecule has 27 heavy (non-hydrogen) atoms. The van der Waals surface area contributed by atoms with Crippen LogP contribution in [0.1, 0.15) is 44.1 Å². The van der Waals surface area contributed by atoms with E-state index in [4.69, 9.17) is 16.3 Å². The third-order valence-electron chi connectivity index (χ3n) is 4.74. The van der Waals surface area contributed by atoms with Crippen molar-refractivity contribution in [2.24, 2.45) is 5.92 Å². The van der Waals surface area contributed by atoms with Crippen molar-refractivity contribution in [1.82, 2.24) is 5.32 Å². The van der Waals surface area contributed by atoms with Crippen molar-refractivity contribution in [1.29, 1.82) is 0 Å². The second-order valence-electron chi connectivity index (χ2n) is 6.56. The average molecular weight is 411 g/mol. The highest BCUT2D eigenvalue weighted by atomic mass is 35.5. The third kappa shape index (κ3) is 4.81. The van der Waals surface area contributed by atoms with E-state index in [9.17, 15) is 19.7 Å². The normalized spacial score (nSPS) is 19.4. The first kappa shape index (κ1) is 19.7. The Hall–Kier alpha value is -2.06. The van der Waals surface area contributed by atoms with Gasteiger partial charge in [-0.25, -0.2) is 0 Å². The number of benzene rings is 1. The fraction of sp³-hybridized carbons (Fsp3) is 0.444. The van der Waals surface area contributed by atoms with Crippen molar-refractivity contribution < 1.29 is 19.2 Å². The quantitative estimate of drug-likeness (QED) is 0.406. The van der Waals surface area contributed by atoms with E-state index in [2.05, 4.69) is 5.32 Å². The number of carbonyl (C=O) groups is 2. The second kappa shape index (κ2) is 8.75. The van der Waals surface area contributed by atoms with E-state index in [1.165, 1.54) is 50.3 Å². The minimum atomic E-state index is -0.598. The van der Waals surface area contributed by atoms with Crippen molar-refractivity contribution >= 4 is 46.3 Å². The van der Waals surface area contributed by atoms with Gasteiger partial charge in [0.05, 0.1) is 27.0 Å². The number of hydrogen-bond acceptors (Lipinski definition) is 6. The minimum Gasteiger partial charge on any atom is -0.492 e. The van der Waals surface area contributed by atoms with Gasteiger partial charge in [-0.1, -0.05) is 43.7 Å². The van der Waals surface area contributed by atoms with Gasteiger partial charge >= 0.3 is 0 Å². The van der Waals surface area contributed by atoms with E-state index < -0.39 is 16.1 Å². The van der Waals surface area contributed by atoms with E-state index in [0.29, 0.717) is 30.0 Å². The molecule has 1 heterocycles. The molecular weight excluding hydrogens is 392 g/mol. The van der Waals surface area contributed by atoms with Crippen LogP contribution in [0, 0.1) is 16.0 Å². The number of nitrogens with zero attached hydrogens (tertiary/aromatic N) is 1. The van der Waals surface area contributed by atoms with Crippen LogP contribution in [0.3, 0.4) is 0 Å². The molecule has 1 N–H and O–H groups in total. The number of hydrogen-bond donors (Lipinski definition) is 1. The number of halogens is 1. The molecule has 0 aromatic heterocycles. The summed E-state index contributed by atoms with van der Waals surface area (Å²) in [5, 5.41) is 13.0. The van der Waals surface area contributed by atoms with E-state index in [1.807, 2.05) is 0 Å². The number of amides is 2. The van der Waals surface area contributed by atoms with Crippen molar-refractivity contribution in [2.75, 3.05) is 6.61 Å². The Labute approximate surface area is 165 Å². The average Bonchev–Trinajstić information content (AvgIpc) is 2.96. The van der Waals surface area contributed by atoms with Crippen LogP contribution in [-0.4, -0.2) is 22.7 Å². The zero-order valence-electron chi connectivity index (χ0n) is 14.5. The monoisotopic (exact) mass is 410 g/mol. The molecule has 0 unspecified atom stereocenters. The van der Waals surface area contributed by atoms with Crippen LogP contribution in [0.15, 0.2) is 17.0 Å². The molecule has 1 aromatic rings. The van der Waals surface area contributed by atoms with Crippen LogP contribution in [-0.2, 0) is 4.79 Å². The zero-order chi connectivity index (χ0) is 19.4. The topological polar surface area (TPSA) is 98.5 Å². The number of nitro benzene ring substituents is 1. The lowest BCUT2D eigenvalue weighted by atomic mass is 9.87. The number of imide groups is 1. The summed E-state index contributed by atoms with van der Waals surface area (Å²) in [6.45, 7) is 0.478. The molecule has 2 aliphatic rings. The Morgan fingerprint density at radius 1 is 1.30 bits per heavy atom. The van der Waals surface area contributed by atoms with Crippen LogP contribution in [0.25, 0.3) is 6.08 Å². The highest BCUT2D eigenvalue weighted by molar-refractivity contribution is 8.18. The van der Waals surface area contributed by atoms with E-state index in [0.717, 1.165) is 6.42 Å². The summed E-state index contributed by atoms with van der Waals surface area (Å²) >= 11 is 7.02. The summed E-state index contributed by atoms with van der Waals surface area (Å²) < 4.78 is 5.77. The first-order valence-electron chi connectivity index (χ1n) is 8.80. The summed E-state index contributed by atoms with van der Waals surface area (Å²) in [7, 11) is 0. The van der Waals surface area contributed by atoms with Crippen molar-refractivity contribution in [3.8, 4) is 5.75 Å². The van der Waals surface area contributed by atoms with Gasteiger partial charge in [0.25, 0.3) is 16.8 Å². The second-order valence-corrected chi connectivity index (χ2v) is 7.95. The number of carbonyl (C=O) groups excluding carboxylic acids is 2. The Balaban J connectivity index is 1.79. The van der Waals surface area contributed by atoms with Crippen LogP contribution in [0.4, 0.5) is 10.5 Å². The van der Waals surface area contributed by atoms with Crippen molar-refractivity contribution in [3.63, 3.8) is 0 Å². The van der Waals surface area contributed by atoms with Crippen LogP contribution < -0.4 is 10.1 Å². The molecule has 1 saturated carbocycles. The molecule has 0 bridgehead atoms. The number of ether oxygens (including phenoxy) is 1. The standard InChI is InChI=1S/C18H19ClN2O5S/c19-16-12(10-15-17(22)20-18(23)27-15)13(21(24)25)6-7-14(16)26-9-8-11-4-2-1-3-5-11/h6-7,10-11H,1-5,8-9H2,(H,20,22,23)/b15-10-. The largest absolute Gasteiger partial charge is 0.492 e. The molecule has 144 valence electrons. The number of rotatable bonds is 6. The van der Waals surface area contributed by atoms with Gasteiger partial charge in [0.1, 0.15) is 5.75 Å². The zero-order valence-corrected chi connectivity index (χ0v) is 16.1. The molecule has 1 aliphatic carbocycles. The fourth-order valence-electron chi connectivity index (χ4n) is 3.33. The molecule has 2 amide bonds. The maximum Gasteiger partial charge on any atom is 0.290 e. The Kier molecular flexibility index (Phi) is 6.38. The lowest BCUT2D eigenvalue weighted by Crippen LogP contribution is -2.17. The van der Waals surface area contributed by atoms with Crippen LogP contribution >= 0.6 is 23.4 Å². The molecule has 1 aromatic carbocycles. The van der Waals surface area contributed by atoms with Gasteiger partial charge in [0, 0.05) is 6.07 Å². The Bertz CT molecular complexity index is 805. The molecule has 0 atom stereocenters. The van der Waals surface area contributed by atoms with Crippen LogP contribution in [0.2, 0.25) is 5.02 Å². The van der Waals surface area contributed by atoms with Gasteiger partial charge in [0.2, 0.25) is 0 Å². The molecule has 9 heteroatoms. The first-order valence-corrected chi connectivity index (χ1v) is 9.99. The predicted molar refractivity (Wildman–Crippen MR) is 104 cm³/mol. The highest BCUT2D eigenvalue weighted by Gasteiger charge is 2.28.